The van der Waals surface area contributed by atoms with Crippen molar-refractivity contribution in [3.8, 4) is 12.1 Å². The van der Waals surface area contributed by atoms with Gasteiger partial charge < -0.3 is 10.6 Å². The molecule has 0 aliphatic rings. The van der Waals surface area contributed by atoms with E-state index in [1.54, 1.807) is 32.0 Å². The van der Waals surface area contributed by atoms with Gasteiger partial charge in [0.1, 0.15) is 5.82 Å². The van der Waals surface area contributed by atoms with E-state index in [0.29, 0.717) is 22.4 Å². The van der Waals surface area contributed by atoms with Crippen molar-refractivity contribution in [2.45, 2.75) is 13.8 Å². The first-order valence-electron chi connectivity index (χ1n) is 11.2. The lowest BCUT2D eigenvalue weighted by Crippen LogP contribution is -2.02. The van der Waals surface area contributed by atoms with Crippen molar-refractivity contribution in [1.29, 1.82) is 10.5 Å². The second-order valence-corrected chi connectivity index (χ2v) is 5.75. The summed E-state index contributed by atoms with van der Waals surface area (Å²) >= 11 is 0. The lowest BCUT2D eigenvalue weighted by atomic mass is 10.0. The number of aromatic nitrogens is 2. The SMILES string of the molecule is [2H]/C(C#N)=C(/[2H])c1cc(C)c(Nc2nc(Nc3c([2H])cc(C#N)cc3[2H])nc([2H])c2[2H])c(C)c1. The number of nitriles is 2. The quantitative estimate of drug-likeness (QED) is 0.612. The Labute approximate surface area is 172 Å². The largest absolute Gasteiger partial charge is 0.340 e. The maximum Gasteiger partial charge on any atom is 0.229 e. The van der Waals surface area contributed by atoms with Crippen LogP contribution in [-0.4, -0.2) is 9.97 Å². The summed E-state index contributed by atoms with van der Waals surface area (Å²) in [7, 11) is 0. The summed E-state index contributed by atoms with van der Waals surface area (Å²) < 4.78 is 47.8. The second kappa shape index (κ2) is 8.48. The third-order valence-electron chi connectivity index (χ3n) is 3.70. The van der Waals surface area contributed by atoms with Crippen molar-refractivity contribution in [2.75, 3.05) is 10.6 Å². The molecule has 0 amide bonds. The number of nitrogens with one attached hydrogen (secondary N) is 2. The molecule has 2 aromatic carbocycles. The zero-order chi connectivity index (χ0) is 25.2. The Hall–Kier alpha value is -4.16. The van der Waals surface area contributed by atoms with Crippen LogP contribution in [0.3, 0.4) is 0 Å². The highest BCUT2D eigenvalue weighted by Gasteiger charge is 2.07. The van der Waals surface area contributed by atoms with Crippen molar-refractivity contribution >= 4 is 29.2 Å². The van der Waals surface area contributed by atoms with Gasteiger partial charge in [-0.3, -0.25) is 0 Å². The van der Waals surface area contributed by atoms with Crippen LogP contribution >= 0.6 is 0 Å². The van der Waals surface area contributed by atoms with E-state index in [1.165, 1.54) is 12.1 Å². The summed E-state index contributed by atoms with van der Waals surface area (Å²) in [5.74, 6) is -0.0978. The smallest absolute Gasteiger partial charge is 0.229 e. The van der Waals surface area contributed by atoms with Gasteiger partial charge in [0.25, 0.3) is 0 Å². The minimum absolute atomic E-state index is 0.00741. The summed E-state index contributed by atoms with van der Waals surface area (Å²) in [6, 6.07) is 8.20. The van der Waals surface area contributed by atoms with Crippen molar-refractivity contribution < 1.29 is 8.22 Å². The van der Waals surface area contributed by atoms with Gasteiger partial charge in [0.05, 0.1) is 25.9 Å². The molecule has 0 radical (unpaired) electrons. The Morgan fingerprint density at radius 3 is 2.46 bits per heavy atom. The third-order valence-corrected chi connectivity index (χ3v) is 3.70. The molecule has 136 valence electrons. The van der Waals surface area contributed by atoms with Crippen LogP contribution in [0.4, 0.5) is 23.1 Å². The molecule has 1 aromatic heterocycles. The molecule has 0 fully saturated rings. The molecule has 0 saturated heterocycles. The monoisotopic (exact) mass is 372 g/mol. The number of hydrogen-bond donors (Lipinski definition) is 2. The Morgan fingerprint density at radius 1 is 1.11 bits per heavy atom. The highest BCUT2D eigenvalue weighted by atomic mass is 15.1. The van der Waals surface area contributed by atoms with Crippen molar-refractivity contribution in [3.63, 3.8) is 0 Å². The number of benzene rings is 2. The van der Waals surface area contributed by atoms with Crippen LogP contribution < -0.4 is 10.6 Å². The summed E-state index contributed by atoms with van der Waals surface area (Å²) in [5, 5.41) is 23.6. The van der Waals surface area contributed by atoms with Crippen LogP contribution in [0.1, 0.15) is 30.5 Å². The molecular weight excluding hydrogens is 348 g/mol. The van der Waals surface area contributed by atoms with E-state index in [2.05, 4.69) is 20.6 Å². The Kier molecular flexibility index (Phi) is 3.72. The van der Waals surface area contributed by atoms with Gasteiger partial charge >= 0.3 is 0 Å². The van der Waals surface area contributed by atoms with Gasteiger partial charge in [-0.05, 0) is 79.0 Å². The van der Waals surface area contributed by atoms with E-state index in [1.807, 2.05) is 6.07 Å². The first kappa shape index (κ1) is 12.3. The summed E-state index contributed by atoms with van der Waals surface area (Å²) in [6.45, 7) is 3.51. The average molecular weight is 372 g/mol. The van der Waals surface area contributed by atoms with E-state index in [9.17, 15) is 0 Å². The Balaban J connectivity index is 2.00. The van der Waals surface area contributed by atoms with Gasteiger partial charge in [-0.25, -0.2) is 4.98 Å². The van der Waals surface area contributed by atoms with Crippen LogP contribution in [0.5, 0.6) is 0 Å². The lowest BCUT2D eigenvalue weighted by molar-refractivity contribution is 1.16. The molecule has 0 bridgehead atoms. The summed E-state index contributed by atoms with van der Waals surface area (Å²) in [6.07, 6.45) is -0.386. The minimum atomic E-state index is -0.455. The first-order chi connectivity index (χ1) is 16.0. The van der Waals surface area contributed by atoms with Gasteiger partial charge in [-0.15, -0.1) is 0 Å². The summed E-state index contributed by atoms with van der Waals surface area (Å²) in [5.41, 5.74) is 2.52. The van der Waals surface area contributed by atoms with E-state index >= 15 is 0 Å². The predicted octanol–water partition coefficient (Wildman–Crippen LogP) is 4.99. The van der Waals surface area contributed by atoms with Crippen LogP contribution in [0, 0.1) is 36.5 Å². The van der Waals surface area contributed by atoms with Crippen molar-refractivity contribution in [2.24, 2.45) is 0 Å². The number of anilines is 4. The Morgan fingerprint density at radius 2 is 1.82 bits per heavy atom. The first-order valence-corrected chi connectivity index (χ1v) is 8.15. The van der Waals surface area contributed by atoms with Gasteiger partial charge in [0.2, 0.25) is 5.95 Å². The molecule has 0 aliphatic carbocycles. The van der Waals surface area contributed by atoms with Crippen LogP contribution in [0.2, 0.25) is 0 Å². The normalized spacial score (nSPS) is 14.0. The molecule has 1 heterocycles. The second-order valence-electron chi connectivity index (χ2n) is 5.75. The highest BCUT2D eigenvalue weighted by Crippen LogP contribution is 2.26. The molecule has 3 rings (SSSR count). The number of allylic oxidation sites excluding steroid dienone is 1. The lowest BCUT2D eigenvalue weighted by Gasteiger charge is -2.14. The maximum atomic E-state index is 8.99. The molecule has 2 N–H and O–H groups in total. The van der Waals surface area contributed by atoms with E-state index in [0.717, 1.165) is 0 Å². The van der Waals surface area contributed by atoms with Gasteiger partial charge in [-0.2, -0.15) is 15.5 Å². The van der Waals surface area contributed by atoms with Crippen LogP contribution in [0.25, 0.3) is 6.05 Å². The average Bonchev–Trinajstić information content (AvgIpc) is 2.79. The fraction of sp³-hybridized carbons (Fsp3) is 0.0909. The molecule has 3 aromatic rings. The minimum Gasteiger partial charge on any atom is -0.340 e. The number of hydrogen-bond acceptors (Lipinski definition) is 6. The van der Waals surface area contributed by atoms with E-state index in [4.69, 9.17) is 18.7 Å². The van der Waals surface area contributed by atoms with E-state index < -0.39 is 6.05 Å². The zero-order valence-corrected chi connectivity index (χ0v) is 15.1. The van der Waals surface area contributed by atoms with Gasteiger partial charge in [-0.1, -0.05) is 0 Å². The molecule has 0 saturated carbocycles. The fourth-order valence-electron chi connectivity index (χ4n) is 2.49. The van der Waals surface area contributed by atoms with E-state index in [-0.39, 0.29) is 53.4 Å². The maximum absolute atomic E-state index is 8.99. The molecule has 0 unspecified atom stereocenters. The molecule has 6 heteroatoms. The van der Waals surface area contributed by atoms with Crippen LogP contribution in [0.15, 0.2) is 54.6 Å². The molecular formula is C22H18N6. The standard InChI is InChI=1S/C22H18N6/c1-15-12-18(4-3-10-23)13-16(2)21(15)27-20-9-11-25-22(28-20)26-19-7-5-17(14-24)6-8-19/h3-9,11-13H,1-2H3,(H2,25,26,27,28)/b4-3+/i3D,4D,7D,8D,9D,11D. The van der Waals surface area contributed by atoms with Crippen LogP contribution in [-0.2, 0) is 0 Å². The molecule has 0 atom stereocenters. The third kappa shape index (κ3) is 4.51. The van der Waals surface area contributed by atoms with Gasteiger partial charge in [0, 0.05) is 23.6 Å². The number of rotatable bonds is 5. The molecule has 0 aliphatic heterocycles. The molecule has 6 nitrogen and oxygen atoms in total. The molecule has 0 spiro atoms. The summed E-state index contributed by atoms with van der Waals surface area (Å²) in [4.78, 5) is 8.15. The van der Waals surface area contributed by atoms with Crippen molar-refractivity contribution in [1.82, 2.24) is 9.97 Å². The van der Waals surface area contributed by atoms with Gasteiger partial charge in [0.15, 0.2) is 0 Å². The highest BCUT2D eigenvalue weighted by molar-refractivity contribution is 5.69. The number of aryl methyl sites for hydroxylation is 2. The number of nitrogens with zero attached hydrogens (tertiary/aromatic N) is 4. The zero-order valence-electron chi connectivity index (χ0n) is 21.1. The fourth-order valence-corrected chi connectivity index (χ4v) is 2.49. The predicted molar refractivity (Wildman–Crippen MR) is 110 cm³/mol. The molecule has 28 heavy (non-hydrogen) atoms. The topological polar surface area (TPSA) is 97.4 Å². The van der Waals surface area contributed by atoms with Crippen molar-refractivity contribution in [3.05, 3.63) is 76.9 Å². The Bertz CT molecular complexity index is 1370.